The van der Waals surface area contributed by atoms with Crippen molar-refractivity contribution in [2.45, 2.75) is 20.3 Å². The molecule has 4 nitrogen and oxygen atoms in total. The van der Waals surface area contributed by atoms with Crippen LogP contribution >= 0.6 is 31.9 Å². The van der Waals surface area contributed by atoms with Gasteiger partial charge in [-0.1, -0.05) is 61.2 Å². The Kier molecular flexibility index (Phi) is 7.89. The number of anilines is 1. The Morgan fingerprint density at radius 1 is 1.06 bits per heavy atom. The fourth-order valence-corrected chi connectivity index (χ4v) is 4.35. The molecule has 0 bridgehead atoms. The second-order valence-electron chi connectivity index (χ2n) is 7.49. The molecule has 32 heavy (non-hydrogen) atoms. The quantitative estimate of drug-likeness (QED) is 0.265. The molecule has 0 aromatic heterocycles. The van der Waals surface area contributed by atoms with E-state index in [4.69, 9.17) is 4.74 Å². The van der Waals surface area contributed by atoms with Crippen molar-refractivity contribution in [1.29, 1.82) is 5.26 Å². The Morgan fingerprint density at radius 3 is 2.31 bits per heavy atom. The molecule has 0 heterocycles. The number of nitriles is 1. The van der Waals surface area contributed by atoms with Crippen molar-refractivity contribution in [2.75, 3.05) is 12.4 Å². The summed E-state index contributed by atoms with van der Waals surface area (Å²) in [6.07, 6.45) is 2.26. The van der Waals surface area contributed by atoms with Crippen molar-refractivity contribution in [1.82, 2.24) is 0 Å². The van der Waals surface area contributed by atoms with Gasteiger partial charge in [0.05, 0.1) is 7.11 Å². The first-order valence-corrected chi connectivity index (χ1v) is 11.5. The Hall–Kier alpha value is -2.88. The van der Waals surface area contributed by atoms with Crippen molar-refractivity contribution in [2.24, 2.45) is 0 Å². The summed E-state index contributed by atoms with van der Waals surface area (Å²) in [5, 5.41) is 12.3. The number of ether oxygens (including phenoxy) is 1. The fraction of sp³-hybridized carbons (Fsp3) is 0.154. The van der Waals surface area contributed by atoms with E-state index in [1.54, 1.807) is 25.3 Å². The molecule has 0 saturated heterocycles. The summed E-state index contributed by atoms with van der Waals surface area (Å²) in [7, 11) is 1.62. The largest absolute Gasteiger partial charge is 0.496 e. The highest BCUT2D eigenvalue weighted by molar-refractivity contribution is 9.10. The van der Waals surface area contributed by atoms with Crippen LogP contribution in [0.3, 0.4) is 0 Å². The van der Waals surface area contributed by atoms with Crippen molar-refractivity contribution in [3.8, 4) is 11.8 Å². The first-order valence-electron chi connectivity index (χ1n) is 9.91. The van der Waals surface area contributed by atoms with Crippen LogP contribution < -0.4 is 10.1 Å². The average Bonchev–Trinajstić information content (AvgIpc) is 2.74. The number of rotatable bonds is 6. The van der Waals surface area contributed by atoms with Crippen LogP contribution in [0.4, 0.5) is 5.69 Å². The zero-order valence-electron chi connectivity index (χ0n) is 18.0. The summed E-state index contributed by atoms with van der Waals surface area (Å²) in [5.41, 5.74) is 5.94. The van der Waals surface area contributed by atoms with Gasteiger partial charge in [0.25, 0.3) is 5.91 Å². The molecule has 0 aliphatic carbocycles. The molecule has 1 amide bonds. The molecule has 0 radical (unpaired) electrons. The lowest BCUT2D eigenvalue weighted by molar-refractivity contribution is -0.112. The highest BCUT2D eigenvalue weighted by Gasteiger charge is 2.14. The van der Waals surface area contributed by atoms with Gasteiger partial charge in [-0.25, -0.2) is 0 Å². The Bertz CT molecular complexity index is 1210. The van der Waals surface area contributed by atoms with E-state index >= 15 is 0 Å². The molecule has 3 rings (SSSR count). The minimum atomic E-state index is -0.468. The van der Waals surface area contributed by atoms with Gasteiger partial charge in [-0.15, -0.1) is 0 Å². The monoisotopic (exact) mass is 552 g/mol. The first-order chi connectivity index (χ1) is 15.3. The van der Waals surface area contributed by atoms with Gasteiger partial charge < -0.3 is 10.1 Å². The van der Waals surface area contributed by atoms with Crippen molar-refractivity contribution < 1.29 is 9.53 Å². The number of carbonyl (C=O) groups is 1. The van der Waals surface area contributed by atoms with E-state index in [0.717, 1.165) is 14.5 Å². The van der Waals surface area contributed by atoms with Crippen LogP contribution in [0.5, 0.6) is 5.75 Å². The van der Waals surface area contributed by atoms with E-state index in [1.165, 1.54) is 16.7 Å². The molecular weight excluding hydrogens is 532 g/mol. The number of amides is 1. The van der Waals surface area contributed by atoms with E-state index in [1.807, 2.05) is 30.3 Å². The summed E-state index contributed by atoms with van der Waals surface area (Å²) in [6.45, 7) is 4.17. The molecule has 0 saturated carbocycles. The van der Waals surface area contributed by atoms with E-state index in [0.29, 0.717) is 23.4 Å². The predicted octanol–water partition coefficient (Wildman–Crippen LogP) is 6.97. The summed E-state index contributed by atoms with van der Waals surface area (Å²) >= 11 is 7.01. The number of aryl methyl sites for hydroxylation is 2. The third kappa shape index (κ3) is 6.09. The minimum absolute atomic E-state index is 0.00364. The number of hydrogen-bond acceptors (Lipinski definition) is 3. The molecule has 0 fully saturated rings. The van der Waals surface area contributed by atoms with Crippen molar-refractivity contribution >= 4 is 49.5 Å². The summed E-state index contributed by atoms with van der Waals surface area (Å²) in [5.74, 6) is 0.222. The van der Waals surface area contributed by atoms with Crippen LogP contribution in [0, 0.1) is 25.2 Å². The van der Waals surface area contributed by atoms with Crippen molar-refractivity contribution in [3.05, 3.63) is 96.9 Å². The maximum Gasteiger partial charge on any atom is 0.266 e. The summed E-state index contributed by atoms with van der Waals surface area (Å²) in [6, 6.07) is 19.4. The Morgan fingerprint density at radius 2 is 1.72 bits per heavy atom. The molecular formula is C26H22Br2N2O2. The van der Waals surface area contributed by atoms with Crippen LogP contribution in [0.1, 0.15) is 27.8 Å². The summed E-state index contributed by atoms with van der Waals surface area (Å²) in [4.78, 5) is 12.6. The Balaban J connectivity index is 1.89. The standard InChI is InChI=1S/C26H22Br2N2O2/c1-16-8-17(2)10-18(9-16)12-23-24(28)13-19(14-25(23)32-3)11-20(15-29)26(31)30-22-6-4-21(27)5-7-22/h4-11,13-14H,12H2,1-3H3,(H,30,31)/b20-11+. The molecule has 3 aromatic carbocycles. The van der Waals surface area contributed by atoms with Crippen LogP contribution in [0.15, 0.2) is 69.1 Å². The number of methoxy groups -OCH3 is 1. The third-order valence-electron chi connectivity index (χ3n) is 4.84. The van der Waals surface area contributed by atoms with Gasteiger partial charge >= 0.3 is 0 Å². The van der Waals surface area contributed by atoms with E-state index in [2.05, 4.69) is 69.2 Å². The lowest BCUT2D eigenvalue weighted by Crippen LogP contribution is -2.13. The van der Waals surface area contributed by atoms with Gasteiger partial charge in [-0.05, 0) is 67.4 Å². The second kappa shape index (κ2) is 10.6. The van der Waals surface area contributed by atoms with E-state index < -0.39 is 5.91 Å². The molecule has 1 N–H and O–H groups in total. The Labute approximate surface area is 205 Å². The average molecular weight is 554 g/mol. The zero-order chi connectivity index (χ0) is 23.3. The van der Waals surface area contributed by atoms with Gasteiger partial charge in [-0.2, -0.15) is 5.26 Å². The smallest absolute Gasteiger partial charge is 0.266 e. The molecule has 6 heteroatoms. The second-order valence-corrected chi connectivity index (χ2v) is 9.26. The summed E-state index contributed by atoms with van der Waals surface area (Å²) < 4.78 is 7.40. The van der Waals surface area contributed by atoms with Gasteiger partial charge in [0.15, 0.2) is 0 Å². The number of benzene rings is 3. The maximum absolute atomic E-state index is 12.6. The number of nitrogens with one attached hydrogen (secondary N) is 1. The van der Waals surface area contributed by atoms with Crippen LogP contribution in [0.2, 0.25) is 0 Å². The molecule has 0 aliphatic rings. The van der Waals surface area contributed by atoms with Gasteiger partial charge in [0.1, 0.15) is 17.4 Å². The van der Waals surface area contributed by atoms with Crippen LogP contribution in [-0.4, -0.2) is 13.0 Å². The van der Waals surface area contributed by atoms with Gasteiger partial charge in [0.2, 0.25) is 0 Å². The minimum Gasteiger partial charge on any atom is -0.496 e. The third-order valence-corrected chi connectivity index (χ3v) is 6.07. The molecule has 162 valence electrons. The number of nitrogens with zero attached hydrogens (tertiary/aromatic N) is 1. The highest BCUT2D eigenvalue weighted by atomic mass is 79.9. The van der Waals surface area contributed by atoms with E-state index in [9.17, 15) is 10.1 Å². The lowest BCUT2D eigenvalue weighted by atomic mass is 9.98. The van der Waals surface area contributed by atoms with Crippen molar-refractivity contribution in [3.63, 3.8) is 0 Å². The lowest BCUT2D eigenvalue weighted by Gasteiger charge is -2.13. The van der Waals surface area contributed by atoms with E-state index in [-0.39, 0.29) is 5.57 Å². The zero-order valence-corrected chi connectivity index (χ0v) is 21.2. The number of halogens is 2. The molecule has 0 atom stereocenters. The number of hydrogen-bond donors (Lipinski definition) is 1. The molecule has 0 aliphatic heterocycles. The highest BCUT2D eigenvalue weighted by Crippen LogP contribution is 2.32. The maximum atomic E-state index is 12.6. The predicted molar refractivity (Wildman–Crippen MR) is 136 cm³/mol. The fourth-order valence-electron chi connectivity index (χ4n) is 3.49. The van der Waals surface area contributed by atoms with Crippen LogP contribution in [-0.2, 0) is 11.2 Å². The molecule has 0 spiro atoms. The normalized spacial score (nSPS) is 11.1. The first kappa shape index (κ1) is 23.8. The number of carbonyl (C=O) groups excluding carboxylic acids is 1. The SMILES string of the molecule is COc1cc(/C=C(\C#N)C(=O)Nc2ccc(Br)cc2)cc(Br)c1Cc1cc(C)cc(C)c1. The van der Waals surface area contributed by atoms with Gasteiger partial charge in [-0.3, -0.25) is 4.79 Å². The molecule has 0 unspecified atom stereocenters. The topological polar surface area (TPSA) is 62.1 Å². The van der Waals surface area contributed by atoms with Gasteiger partial charge in [0, 0.05) is 26.6 Å². The molecule has 3 aromatic rings. The van der Waals surface area contributed by atoms with Crippen LogP contribution in [0.25, 0.3) is 6.08 Å².